The number of nitrogens with one attached hydrogen (secondary N) is 1. The molecular formula is C26H29FN4O5. The quantitative estimate of drug-likeness (QED) is 0.374. The van der Waals surface area contributed by atoms with E-state index in [1.165, 1.54) is 20.3 Å². The van der Waals surface area contributed by atoms with Crippen LogP contribution in [0.15, 0.2) is 30.5 Å². The SMILES string of the molecule is COCC(C)(C)c1c(C2CC(OC)(C(=O)O)C2)c2nc3[nH]ncc3cc2n1-c1ccc(F)c(OC)c1. The molecule has 0 spiro atoms. The molecule has 3 aromatic heterocycles. The lowest BCUT2D eigenvalue weighted by Gasteiger charge is -2.44. The molecule has 1 fully saturated rings. The van der Waals surface area contributed by atoms with E-state index in [4.69, 9.17) is 19.2 Å². The fourth-order valence-corrected chi connectivity index (χ4v) is 5.50. The second-order valence-electron chi connectivity index (χ2n) is 10.0. The first-order chi connectivity index (χ1) is 17.2. The lowest BCUT2D eigenvalue weighted by atomic mass is 9.66. The van der Waals surface area contributed by atoms with Gasteiger partial charge in [0.25, 0.3) is 0 Å². The molecule has 36 heavy (non-hydrogen) atoms. The van der Waals surface area contributed by atoms with Gasteiger partial charge in [0.2, 0.25) is 0 Å². The van der Waals surface area contributed by atoms with Crippen molar-refractivity contribution in [2.24, 2.45) is 0 Å². The van der Waals surface area contributed by atoms with E-state index >= 15 is 0 Å². The maximum absolute atomic E-state index is 14.4. The highest BCUT2D eigenvalue weighted by molar-refractivity contribution is 5.94. The predicted octanol–water partition coefficient (Wildman–Crippen LogP) is 4.32. The minimum atomic E-state index is -1.24. The molecule has 1 aromatic carbocycles. The highest BCUT2D eigenvalue weighted by atomic mass is 19.1. The first kappa shape index (κ1) is 24.2. The van der Waals surface area contributed by atoms with Crippen LogP contribution < -0.4 is 4.74 Å². The van der Waals surface area contributed by atoms with Crippen molar-refractivity contribution in [3.8, 4) is 11.4 Å². The number of carboxylic acid groups (broad SMARTS) is 1. The number of fused-ring (bicyclic) bond motifs is 2. The van der Waals surface area contributed by atoms with Crippen molar-refractivity contribution in [2.75, 3.05) is 27.9 Å². The number of pyridine rings is 1. The summed E-state index contributed by atoms with van der Waals surface area (Å²) in [4.78, 5) is 16.9. The molecular weight excluding hydrogens is 467 g/mol. The fraction of sp³-hybridized carbons (Fsp3) is 0.423. The number of aromatic nitrogens is 4. The van der Waals surface area contributed by atoms with Gasteiger partial charge < -0.3 is 23.9 Å². The molecule has 4 aromatic rings. The first-order valence-corrected chi connectivity index (χ1v) is 11.7. The second kappa shape index (κ2) is 8.56. The van der Waals surface area contributed by atoms with Gasteiger partial charge in [-0.3, -0.25) is 5.10 Å². The average molecular weight is 497 g/mol. The molecule has 2 N–H and O–H groups in total. The zero-order valence-electron chi connectivity index (χ0n) is 20.9. The number of aliphatic carboxylic acids is 1. The Hall–Kier alpha value is -3.50. The summed E-state index contributed by atoms with van der Waals surface area (Å²) in [5.41, 5.74) is 2.97. The molecule has 0 unspecified atom stereocenters. The van der Waals surface area contributed by atoms with E-state index in [9.17, 15) is 14.3 Å². The Labute approximate surface area is 207 Å². The van der Waals surface area contributed by atoms with Crippen molar-refractivity contribution in [3.05, 3.63) is 47.5 Å². The average Bonchev–Trinajstić information content (AvgIpc) is 3.40. The van der Waals surface area contributed by atoms with Crippen molar-refractivity contribution in [1.82, 2.24) is 19.7 Å². The highest BCUT2D eigenvalue weighted by Crippen LogP contribution is 2.52. The third-order valence-electron chi connectivity index (χ3n) is 7.26. The lowest BCUT2D eigenvalue weighted by Crippen LogP contribution is -2.51. The van der Waals surface area contributed by atoms with E-state index in [0.29, 0.717) is 30.8 Å². The predicted molar refractivity (Wildman–Crippen MR) is 131 cm³/mol. The molecule has 3 heterocycles. The van der Waals surface area contributed by atoms with E-state index in [2.05, 4.69) is 28.6 Å². The summed E-state index contributed by atoms with van der Waals surface area (Å²) in [5, 5.41) is 17.7. The largest absolute Gasteiger partial charge is 0.494 e. The van der Waals surface area contributed by atoms with Gasteiger partial charge in [-0.05, 0) is 37.0 Å². The summed E-state index contributed by atoms with van der Waals surface area (Å²) in [6.07, 6.45) is 2.32. The van der Waals surface area contributed by atoms with Gasteiger partial charge >= 0.3 is 5.97 Å². The summed E-state index contributed by atoms with van der Waals surface area (Å²) < 4.78 is 32.8. The standard InChI is InChI=1S/C26H29FN4O5/c1-25(2,13-34-3)22-20(15-10-26(11-15,36-5)24(32)33)21-18(8-14-12-28-30-23(14)29-21)31(22)16-6-7-17(27)19(9-16)35-4/h6-9,12,15H,10-11,13H2,1-5H3,(H,32,33)(H,28,29,30). The summed E-state index contributed by atoms with van der Waals surface area (Å²) in [6, 6.07) is 6.72. The fourth-order valence-electron chi connectivity index (χ4n) is 5.50. The zero-order chi connectivity index (χ0) is 25.8. The molecule has 0 aliphatic heterocycles. The smallest absolute Gasteiger partial charge is 0.335 e. The number of ether oxygens (including phenoxy) is 3. The van der Waals surface area contributed by atoms with Crippen molar-refractivity contribution < 1.29 is 28.5 Å². The van der Waals surface area contributed by atoms with E-state index in [1.54, 1.807) is 25.4 Å². The lowest BCUT2D eigenvalue weighted by molar-refractivity contribution is -0.175. The van der Waals surface area contributed by atoms with Crippen LogP contribution in [0.5, 0.6) is 5.75 Å². The maximum Gasteiger partial charge on any atom is 0.335 e. The minimum Gasteiger partial charge on any atom is -0.494 e. The van der Waals surface area contributed by atoms with Crippen LogP contribution in [-0.4, -0.2) is 64.4 Å². The zero-order valence-corrected chi connectivity index (χ0v) is 20.9. The normalized spacial score (nSPS) is 20.1. The Morgan fingerprint density at radius 3 is 2.67 bits per heavy atom. The topological polar surface area (TPSA) is 111 Å². The molecule has 9 nitrogen and oxygen atoms in total. The number of carboxylic acids is 1. The Kier molecular flexibility index (Phi) is 5.76. The van der Waals surface area contributed by atoms with Crippen molar-refractivity contribution >= 4 is 28.0 Å². The molecule has 0 saturated heterocycles. The molecule has 1 aliphatic carbocycles. The van der Waals surface area contributed by atoms with Crippen molar-refractivity contribution in [3.63, 3.8) is 0 Å². The minimum absolute atomic E-state index is 0.119. The monoisotopic (exact) mass is 496 g/mol. The number of aromatic amines is 1. The Morgan fingerprint density at radius 2 is 2.03 bits per heavy atom. The van der Waals surface area contributed by atoms with E-state index in [-0.39, 0.29) is 11.7 Å². The number of rotatable bonds is 8. The van der Waals surface area contributed by atoms with E-state index in [0.717, 1.165) is 27.7 Å². The Balaban J connectivity index is 1.85. The number of hydrogen-bond acceptors (Lipinski definition) is 6. The third-order valence-corrected chi connectivity index (χ3v) is 7.26. The van der Waals surface area contributed by atoms with Crippen LogP contribution in [0.2, 0.25) is 0 Å². The molecule has 0 bridgehead atoms. The number of hydrogen-bond donors (Lipinski definition) is 2. The van der Waals surface area contributed by atoms with Crippen LogP contribution in [0.1, 0.15) is 43.9 Å². The Bertz CT molecular complexity index is 1470. The van der Waals surface area contributed by atoms with Gasteiger partial charge in [0.05, 0.1) is 30.9 Å². The number of methoxy groups -OCH3 is 3. The second-order valence-corrected chi connectivity index (χ2v) is 10.0. The van der Waals surface area contributed by atoms with Crippen LogP contribution in [0.3, 0.4) is 0 Å². The van der Waals surface area contributed by atoms with Gasteiger partial charge in [-0.2, -0.15) is 5.10 Å². The van der Waals surface area contributed by atoms with Crippen LogP contribution in [0.4, 0.5) is 4.39 Å². The molecule has 5 rings (SSSR count). The first-order valence-electron chi connectivity index (χ1n) is 11.7. The number of nitrogens with zero attached hydrogens (tertiary/aromatic N) is 3. The van der Waals surface area contributed by atoms with E-state index < -0.39 is 22.8 Å². The van der Waals surface area contributed by atoms with Gasteiger partial charge in [-0.25, -0.2) is 14.2 Å². The van der Waals surface area contributed by atoms with Gasteiger partial charge in [0.15, 0.2) is 22.8 Å². The van der Waals surface area contributed by atoms with Gasteiger partial charge in [-0.1, -0.05) is 13.8 Å². The maximum atomic E-state index is 14.4. The molecule has 1 aliphatic rings. The third kappa shape index (κ3) is 3.55. The highest BCUT2D eigenvalue weighted by Gasteiger charge is 2.53. The molecule has 0 atom stereocenters. The van der Waals surface area contributed by atoms with E-state index in [1.807, 2.05) is 6.07 Å². The van der Waals surface area contributed by atoms with Crippen LogP contribution in [0.25, 0.3) is 27.8 Å². The number of H-pyrrole nitrogens is 1. The molecule has 10 heteroatoms. The molecule has 1 saturated carbocycles. The number of halogens is 1. The van der Waals surface area contributed by atoms with Crippen molar-refractivity contribution in [2.45, 2.75) is 43.6 Å². The molecule has 0 radical (unpaired) electrons. The summed E-state index contributed by atoms with van der Waals surface area (Å²) >= 11 is 0. The number of benzene rings is 1. The van der Waals surface area contributed by atoms with Crippen molar-refractivity contribution in [1.29, 1.82) is 0 Å². The van der Waals surface area contributed by atoms with Gasteiger partial charge in [0, 0.05) is 48.0 Å². The molecule has 190 valence electrons. The van der Waals surface area contributed by atoms with Gasteiger partial charge in [-0.15, -0.1) is 0 Å². The molecule has 0 amide bonds. The summed E-state index contributed by atoms with van der Waals surface area (Å²) in [7, 11) is 4.51. The van der Waals surface area contributed by atoms with Crippen LogP contribution >= 0.6 is 0 Å². The number of carbonyl (C=O) groups is 1. The summed E-state index contributed by atoms with van der Waals surface area (Å²) in [5.74, 6) is -1.44. The van der Waals surface area contributed by atoms with Gasteiger partial charge in [0.1, 0.15) is 0 Å². The van der Waals surface area contributed by atoms with Crippen LogP contribution in [-0.2, 0) is 19.7 Å². The summed E-state index contributed by atoms with van der Waals surface area (Å²) in [6.45, 7) is 4.53. The van der Waals surface area contributed by atoms with Crippen LogP contribution in [0, 0.1) is 5.82 Å². The Morgan fingerprint density at radius 1 is 1.28 bits per heavy atom.